The summed E-state index contributed by atoms with van der Waals surface area (Å²) < 4.78 is 0. The first-order valence-corrected chi connectivity index (χ1v) is 7.24. The van der Waals surface area contributed by atoms with Gasteiger partial charge < -0.3 is 5.11 Å². The van der Waals surface area contributed by atoms with Gasteiger partial charge in [0.25, 0.3) is 5.91 Å². The summed E-state index contributed by atoms with van der Waals surface area (Å²) >= 11 is 11.7. The van der Waals surface area contributed by atoms with Gasteiger partial charge in [-0.15, -0.1) is 0 Å². The Morgan fingerprint density at radius 1 is 1.04 bits per heavy atom. The predicted molar refractivity (Wildman–Crippen MR) is 90.3 cm³/mol. The second-order valence-corrected chi connectivity index (χ2v) is 5.31. The number of anilines is 1. The fourth-order valence-electron chi connectivity index (χ4n) is 1.77. The van der Waals surface area contributed by atoms with Gasteiger partial charge in [-0.25, -0.2) is 4.79 Å². The summed E-state index contributed by atoms with van der Waals surface area (Å²) in [6.07, 6.45) is 0.995. The molecular weight excluding hydrogens is 339 g/mol. The number of benzene rings is 2. The zero-order chi connectivity index (χ0) is 16.8. The normalized spacial score (nSPS) is 11.0. The van der Waals surface area contributed by atoms with Gasteiger partial charge in [-0.3, -0.25) is 15.6 Å². The molecule has 0 bridgehead atoms. The van der Waals surface area contributed by atoms with Gasteiger partial charge >= 0.3 is 5.97 Å². The molecule has 118 valence electrons. The van der Waals surface area contributed by atoms with Crippen molar-refractivity contribution in [2.45, 2.75) is 0 Å². The van der Waals surface area contributed by atoms with Gasteiger partial charge in [0.15, 0.2) is 0 Å². The standard InChI is InChI=1S/C16H12Cl2N2O3/c17-11-6-7-14(13(18)8-11)19-20-15(21)9-12(16(22)23)10-4-2-1-3-5-10/h1-9,19H,(H,20,21)(H,22,23)/b12-9+. The van der Waals surface area contributed by atoms with Crippen LogP contribution in [0.15, 0.2) is 54.6 Å². The largest absolute Gasteiger partial charge is 0.478 e. The topological polar surface area (TPSA) is 78.4 Å². The van der Waals surface area contributed by atoms with E-state index in [2.05, 4.69) is 10.9 Å². The van der Waals surface area contributed by atoms with Crippen molar-refractivity contribution in [2.75, 3.05) is 5.43 Å². The van der Waals surface area contributed by atoms with E-state index in [1.54, 1.807) is 42.5 Å². The van der Waals surface area contributed by atoms with Gasteiger partial charge in [-0.2, -0.15) is 0 Å². The Hall–Kier alpha value is -2.50. The van der Waals surface area contributed by atoms with Crippen LogP contribution in [0, 0.1) is 0 Å². The lowest BCUT2D eigenvalue weighted by Gasteiger charge is -2.09. The van der Waals surface area contributed by atoms with Gasteiger partial charge in [0.1, 0.15) is 0 Å². The molecule has 0 saturated carbocycles. The third-order valence-electron chi connectivity index (χ3n) is 2.84. The van der Waals surface area contributed by atoms with E-state index < -0.39 is 11.9 Å². The molecule has 0 heterocycles. The maximum atomic E-state index is 11.9. The molecule has 2 aromatic carbocycles. The lowest BCUT2D eigenvalue weighted by molar-refractivity contribution is -0.130. The van der Waals surface area contributed by atoms with Crippen molar-refractivity contribution in [2.24, 2.45) is 0 Å². The van der Waals surface area contributed by atoms with E-state index in [0.717, 1.165) is 6.08 Å². The SMILES string of the molecule is O=C(/C=C(/C(=O)O)c1ccccc1)NNc1ccc(Cl)cc1Cl. The van der Waals surface area contributed by atoms with Crippen LogP contribution in [0.5, 0.6) is 0 Å². The minimum Gasteiger partial charge on any atom is -0.478 e. The quantitative estimate of drug-likeness (QED) is 0.568. The molecule has 0 aliphatic rings. The molecule has 2 rings (SSSR count). The van der Waals surface area contributed by atoms with E-state index >= 15 is 0 Å². The number of carboxylic acid groups (broad SMARTS) is 1. The smallest absolute Gasteiger partial charge is 0.336 e. The number of halogens is 2. The Morgan fingerprint density at radius 2 is 1.74 bits per heavy atom. The molecule has 0 aliphatic carbocycles. The van der Waals surface area contributed by atoms with Gasteiger partial charge in [0, 0.05) is 11.1 Å². The number of aliphatic carboxylic acids is 1. The second kappa shape index (κ2) is 7.67. The number of nitrogens with one attached hydrogen (secondary N) is 2. The highest BCUT2D eigenvalue weighted by Crippen LogP contribution is 2.24. The fraction of sp³-hybridized carbons (Fsp3) is 0. The van der Waals surface area contributed by atoms with Gasteiger partial charge in [-0.05, 0) is 23.8 Å². The third-order valence-corrected chi connectivity index (χ3v) is 3.39. The first-order valence-electron chi connectivity index (χ1n) is 6.49. The van der Waals surface area contributed by atoms with Crippen molar-refractivity contribution in [3.63, 3.8) is 0 Å². The van der Waals surface area contributed by atoms with E-state index in [1.165, 1.54) is 6.07 Å². The Kier molecular flexibility index (Phi) is 5.62. The van der Waals surface area contributed by atoms with Crippen LogP contribution >= 0.6 is 23.2 Å². The van der Waals surface area contributed by atoms with E-state index in [1.807, 2.05) is 0 Å². The van der Waals surface area contributed by atoms with Crippen LogP contribution in [-0.2, 0) is 9.59 Å². The number of hydrazine groups is 1. The highest BCUT2D eigenvalue weighted by molar-refractivity contribution is 6.36. The molecule has 3 N–H and O–H groups in total. The van der Waals surface area contributed by atoms with Crippen molar-refractivity contribution < 1.29 is 14.7 Å². The van der Waals surface area contributed by atoms with Crippen molar-refractivity contribution in [3.8, 4) is 0 Å². The summed E-state index contributed by atoms with van der Waals surface area (Å²) in [7, 11) is 0. The van der Waals surface area contributed by atoms with Crippen molar-refractivity contribution in [1.82, 2.24) is 5.43 Å². The molecule has 1 amide bonds. The van der Waals surface area contributed by atoms with Crippen molar-refractivity contribution in [1.29, 1.82) is 0 Å². The van der Waals surface area contributed by atoms with Gasteiger partial charge in [0.05, 0.1) is 16.3 Å². The Labute approximate surface area is 142 Å². The van der Waals surface area contributed by atoms with E-state index in [9.17, 15) is 14.7 Å². The molecule has 0 unspecified atom stereocenters. The molecule has 0 radical (unpaired) electrons. The van der Waals surface area contributed by atoms with E-state index in [-0.39, 0.29) is 5.57 Å². The van der Waals surface area contributed by atoms with E-state index in [4.69, 9.17) is 23.2 Å². The molecule has 0 aromatic heterocycles. The molecule has 0 fully saturated rings. The maximum Gasteiger partial charge on any atom is 0.336 e. The van der Waals surface area contributed by atoms with Crippen LogP contribution < -0.4 is 10.9 Å². The van der Waals surface area contributed by atoms with E-state index in [0.29, 0.717) is 21.3 Å². The van der Waals surface area contributed by atoms with Crippen LogP contribution in [0.3, 0.4) is 0 Å². The average Bonchev–Trinajstić information content (AvgIpc) is 2.52. The van der Waals surface area contributed by atoms with Gasteiger partial charge in [-0.1, -0.05) is 53.5 Å². The third kappa shape index (κ3) is 4.74. The monoisotopic (exact) mass is 350 g/mol. The number of hydrogen-bond donors (Lipinski definition) is 3. The van der Waals surface area contributed by atoms with Gasteiger partial charge in [0.2, 0.25) is 0 Å². The number of hydrogen-bond acceptors (Lipinski definition) is 3. The summed E-state index contributed by atoms with van der Waals surface area (Å²) in [6, 6.07) is 13.1. The van der Waals surface area contributed by atoms with Crippen LogP contribution in [0.1, 0.15) is 5.56 Å². The van der Waals surface area contributed by atoms with Crippen molar-refractivity contribution in [3.05, 3.63) is 70.2 Å². The molecule has 0 atom stereocenters. The molecule has 0 aliphatic heterocycles. The number of rotatable bonds is 5. The predicted octanol–water partition coefficient (Wildman–Crippen LogP) is 3.60. The molecule has 7 heteroatoms. The van der Waals surface area contributed by atoms with Crippen LogP contribution in [0.4, 0.5) is 5.69 Å². The highest BCUT2D eigenvalue weighted by atomic mass is 35.5. The zero-order valence-corrected chi connectivity index (χ0v) is 13.2. The Balaban J connectivity index is 2.11. The van der Waals surface area contributed by atoms with Crippen molar-refractivity contribution >= 4 is 46.3 Å². The molecule has 23 heavy (non-hydrogen) atoms. The lowest BCUT2D eigenvalue weighted by Crippen LogP contribution is -2.28. The molecule has 0 spiro atoms. The van der Waals surface area contributed by atoms with Crippen LogP contribution in [0.2, 0.25) is 10.0 Å². The second-order valence-electron chi connectivity index (χ2n) is 4.47. The molecular formula is C16H12Cl2N2O3. The Bertz CT molecular complexity index is 761. The highest BCUT2D eigenvalue weighted by Gasteiger charge is 2.12. The minimum atomic E-state index is -1.20. The summed E-state index contributed by atoms with van der Waals surface area (Å²) in [5.74, 6) is -1.83. The lowest BCUT2D eigenvalue weighted by atomic mass is 10.1. The summed E-state index contributed by atoms with van der Waals surface area (Å²) in [4.78, 5) is 23.2. The summed E-state index contributed by atoms with van der Waals surface area (Å²) in [6.45, 7) is 0. The number of amides is 1. The summed E-state index contributed by atoms with van der Waals surface area (Å²) in [5.41, 5.74) is 5.72. The number of carbonyl (C=O) groups is 2. The Morgan fingerprint density at radius 3 is 2.35 bits per heavy atom. The molecule has 2 aromatic rings. The first kappa shape index (κ1) is 16.9. The summed E-state index contributed by atoms with van der Waals surface area (Å²) in [5, 5.41) is 10.0. The number of carboxylic acids is 1. The minimum absolute atomic E-state index is 0.118. The maximum absolute atomic E-state index is 11.9. The molecule has 0 saturated heterocycles. The first-order chi connectivity index (χ1) is 11.0. The zero-order valence-electron chi connectivity index (χ0n) is 11.7. The van der Waals surface area contributed by atoms with Crippen LogP contribution in [0.25, 0.3) is 5.57 Å². The fourth-order valence-corrected chi connectivity index (χ4v) is 2.23. The average molecular weight is 351 g/mol. The molecule has 5 nitrogen and oxygen atoms in total. The number of carbonyl (C=O) groups excluding carboxylic acids is 1. The van der Waals surface area contributed by atoms with Crippen LogP contribution in [-0.4, -0.2) is 17.0 Å².